The lowest BCUT2D eigenvalue weighted by atomic mass is 10.2. The fraction of sp³-hybridized carbons (Fsp3) is 0.909. The van der Waals surface area contributed by atoms with Crippen LogP contribution in [0.25, 0.3) is 0 Å². The van der Waals surface area contributed by atoms with Crippen LogP contribution in [0.4, 0.5) is 31.1 Å². The lowest BCUT2D eigenvalue weighted by Crippen LogP contribution is -2.62. The van der Waals surface area contributed by atoms with Gasteiger partial charge in [-0.05, 0) is 0 Å². The van der Waals surface area contributed by atoms with Gasteiger partial charge in [0, 0.05) is 14.2 Å². The van der Waals surface area contributed by atoms with E-state index in [4.69, 9.17) is 4.55 Å². The van der Waals surface area contributed by atoms with Crippen LogP contribution in [0.2, 0.25) is 0 Å². The molecule has 0 aromatic heterocycles. The topological polar surface area (TPSA) is 140 Å². The molecule has 0 aromatic rings. The van der Waals surface area contributed by atoms with E-state index in [1.807, 2.05) is 0 Å². The minimum atomic E-state index is -7.15. The van der Waals surface area contributed by atoms with Crippen LogP contribution in [0.1, 0.15) is 0 Å². The molecule has 0 saturated carbocycles. The van der Waals surface area contributed by atoms with E-state index in [1.165, 1.54) is 0 Å². The van der Waals surface area contributed by atoms with Gasteiger partial charge in [0.1, 0.15) is 19.6 Å². The molecule has 0 aromatic carbocycles. The molecule has 0 unspecified atom stereocenters. The summed E-state index contributed by atoms with van der Waals surface area (Å²) in [6.07, 6.45) is -1.99. The van der Waals surface area contributed by atoms with Gasteiger partial charge in [-0.25, -0.2) is 4.79 Å². The maximum atomic E-state index is 13.9. The normalized spacial score (nSPS) is 18.2. The molecule has 30 heavy (non-hydrogen) atoms. The smallest absolute Gasteiger partial charge is 0.364 e. The van der Waals surface area contributed by atoms with Gasteiger partial charge in [-0.1, -0.05) is 0 Å². The molecule has 0 bridgehead atoms. The quantitative estimate of drug-likeness (QED) is 0.257. The Balaban J connectivity index is 3.26. The standard InChI is InChI=1S/C11H16F6N2O9S2/c1-26-5-18-3-7(4-19(6-27-2)8(18)20)28-30(24,25)11(16,17)9(12,13)10(14,15)29(21,22)23/h7H,3-6H2,1-2H3,(H,21,22,23). The second-order valence-electron chi connectivity index (χ2n) is 5.82. The summed E-state index contributed by atoms with van der Waals surface area (Å²) < 4.78 is 147. The van der Waals surface area contributed by atoms with Crippen molar-refractivity contribution >= 4 is 26.3 Å². The second kappa shape index (κ2) is 8.61. The fourth-order valence-electron chi connectivity index (χ4n) is 2.22. The van der Waals surface area contributed by atoms with E-state index in [2.05, 4.69) is 13.7 Å². The number of rotatable bonds is 10. The summed E-state index contributed by atoms with van der Waals surface area (Å²) in [5.74, 6) is -7.13. The van der Waals surface area contributed by atoms with Crippen molar-refractivity contribution in [3.63, 3.8) is 0 Å². The third-order valence-electron chi connectivity index (χ3n) is 3.59. The van der Waals surface area contributed by atoms with Gasteiger partial charge < -0.3 is 9.47 Å². The lowest BCUT2D eigenvalue weighted by molar-refractivity contribution is -0.248. The van der Waals surface area contributed by atoms with Crippen molar-refractivity contribution in [1.29, 1.82) is 0 Å². The monoisotopic (exact) mass is 498 g/mol. The Labute approximate surface area is 166 Å². The van der Waals surface area contributed by atoms with Crippen LogP contribution in [0.3, 0.4) is 0 Å². The van der Waals surface area contributed by atoms with Crippen LogP contribution in [0.15, 0.2) is 0 Å². The highest BCUT2D eigenvalue weighted by atomic mass is 32.2. The SMILES string of the molecule is COCN1CC(OS(=O)(=O)C(F)(F)C(F)(F)C(F)(F)S(=O)(=O)O)CN(COC)C1=O. The fourth-order valence-corrected chi connectivity index (χ4v) is 3.78. The molecular weight excluding hydrogens is 482 g/mol. The summed E-state index contributed by atoms with van der Waals surface area (Å²) in [6.45, 7) is -2.65. The summed E-state index contributed by atoms with van der Waals surface area (Å²) in [5.41, 5.74) is 0. The molecule has 0 atom stereocenters. The van der Waals surface area contributed by atoms with Gasteiger partial charge in [-0.3, -0.25) is 18.5 Å². The summed E-state index contributed by atoms with van der Waals surface area (Å²) >= 11 is 0. The van der Waals surface area contributed by atoms with E-state index in [1.54, 1.807) is 0 Å². The van der Waals surface area contributed by atoms with E-state index in [0.717, 1.165) is 14.2 Å². The largest absolute Gasteiger partial charge is 0.439 e. The first kappa shape index (κ1) is 26.6. The van der Waals surface area contributed by atoms with Gasteiger partial charge >= 0.3 is 42.7 Å². The van der Waals surface area contributed by atoms with Gasteiger partial charge in [-0.2, -0.15) is 43.2 Å². The molecule has 178 valence electrons. The van der Waals surface area contributed by atoms with Crippen molar-refractivity contribution in [2.75, 3.05) is 40.8 Å². The van der Waals surface area contributed by atoms with Crippen LogP contribution >= 0.6 is 0 Å². The Morgan fingerprint density at radius 2 is 1.33 bits per heavy atom. The molecule has 1 saturated heterocycles. The van der Waals surface area contributed by atoms with Crippen molar-refractivity contribution in [1.82, 2.24) is 9.80 Å². The van der Waals surface area contributed by atoms with Crippen LogP contribution in [-0.2, 0) is 33.9 Å². The number of amides is 2. The van der Waals surface area contributed by atoms with E-state index in [0.29, 0.717) is 9.80 Å². The molecule has 0 aliphatic carbocycles. The van der Waals surface area contributed by atoms with Gasteiger partial charge in [0.25, 0.3) is 0 Å². The van der Waals surface area contributed by atoms with Crippen LogP contribution in [0, 0.1) is 0 Å². The van der Waals surface area contributed by atoms with Crippen molar-refractivity contribution < 1.29 is 66.2 Å². The number of halogens is 6. The summed E-state index contributed by atoms with van der Waals surface area (Å²) in [7, 11) is -11.9. The van der Waals surface area contributed by atoms with E-state index in [9.17, 15) is 48.0 Å². The van der Waals surface area contributed by atoms with Crippen LogP contribution in [0.5, 0.6) is 0 Å². The minimum absolute atomic E-state index is 0.521. The summed E-state index contributed by atoms with van der Waals surface area (Å²) in [4.78, 5) is 13.4. The predicted octanol–water partition coefficient (Wildman–Crippen LogP) is 0.356. The molecule has 0 spiro atoms. The molecule has 0 radical (unpaired) electrons. The maximum Gasteiger partial charge on any atom is 0.439 e. The number of urea groups is 1. The number of ether oxygens (including phenoxy) is 2. The van der Waals surface area contributed by atoms with Crippen molar-refractivity contribution in [2.45, 2.75) is 22.5 Å². The average Bonchev–Trinajstić information content (AvgIpc) is 2.57. The van der Waals surface area contributed by atoms with Gasteiger partial charge in [0.05, 0.1) is 13.1 Å². The minimum Gasteiger partial charge on any atom is -0.364 e. The van der Waals surface area contributed by atoms with Crippen molar-refractivity contribution in [2.24, 2.45) is 0 Å². The van der Waals surface area contributed by atoms with E-state index < -0.39 is 75.4 Å². The number of methoxy groups -OCH3 is 2. The second-order valence-corrected chi connectivity index (χ2v) is 8.89. The third-order valence-corrected chi connectivity index (χ3v) is 5.90. The molecule has 11 nitrogen and oxygen atoms in total. The zero-order valence-corrected chi connectivity index (χ0v) is 16.7. The number of hydrogen-bond donors (Lipinski definition) is 1. The molecule has 1 heterocycles. The Hall–Kier alpha value is -1.41. The average molecular weight is 498 g/mol. The molecule has 1 rings (SSSR count). The number of nitrogens with zero attached hydrogens (tertiary/aromatic N) is 2. The molecule has 1 N–H and O–H groups in total. The first-order valence-corrected chi connectivity index (χ1v) is 10.3. The van der Waals surface area contributed by atoms with Gasteiger partial charge in [0.2, 0.25) is 0 Å². The van der Waals surface area contributed by atoms with E-state index >= 15 is 0 Å². The highest BCUT2D eigenvalue weighted by Gasteiger charge is 2.82. The number of carbonyl (C=O) groups is 1. The van der Waals surface area contributed by atoms with Gasteiger partial charge in [-0.15, -0.1) is 0 Å². The third kappa shape index (κ3) is 4.59. The molecule has 2 amide bonds. The number of carbonyl (C=O) groups excluding carboxylic acids is 1. The number of alkyl halides is 6. The van der Waals surface area contributed by atoms with Crippen LogP contribution in [-0.4, -0.2) is 101 Å². The molecule has 1 fully saturated rings. The van der Waals surface area contributed by atoms with E-state index in [-0.39, 0.29) is 0 Å². The molecule has 1 aliphatic rings. The first-order chi connectivity index (χ1) is 13.4. The van der Waals surface area contributed by atoms with Crippen molar-refractivity contribution in [3.8, 4) is 0 Å². The Morgan fingerprint density at radius 3 is 1.67 bits per heavy atom. The highest BCUT2D eigenvalue weighted by Crippen LogP contribution is 2.51. The molecular formula is C11H16F6N2O9S2. The van der Waals surface area contributed by atoms with Crippen LogP contribution < -0.4 is 0 Å². The molecule has 1 aliphatic heterocycles. The number of hydrogen-bond acceptors (Lipinski definition) is 8. The summed E-state index contributed by atoms with van der Waals surface area (Å²) in [6, 6.07) is -0.842. The maximum absolute atomic E-state index is 13.9. The zero-order valence-electron chi connectivity index (χ0n) is 15.1. The first-order valence-electron chi connectivity index (χ1n) is 7.42. The molecule has 19 heteroatoms. The Morgan fingerprint density at radius 1 is 0.933 bits per heavy atom. The predicted molar refractivity (Wildman–Crippen MR) is 82.7 cm³/mol. The zero-order chi connectivity index (χ0) is 23.8. The lowest BCUT2D eigenvalue weighted by Gasteiger charge is -2.39. The van der Waals surface area contributed by atoms with Crippen molar-refractivity contribution in [3.05, 3.63) is 0 Å². The Kier molecular flexibility index (Phi) is 7.64. The summed E-state index contributed by atoms with van der Waals surface area (Å²) in [5, 5.41) is -13.7. The van der Waals surface area contributed by atoms with Gasteiger partial charge in [0.15, 0.2) is 0 Å². The Bertz CT molecular complexity index is 833. The highest BCUT2D eigenvalue weighted by molar-refractivity contribution is 7.88.